The predicted molar refractivity (Wildman–Crippen MR) is 101 cm³/mol. The molecule has 0 radical (unpaired) electrons. The van der Waals surface area contributed by atoms with Gasteiger partial charge in [0.15, 0.2) is 0 Å². The van der Waals surface area contributed by atoms with E-state index >= 15 is 0 Å². The molecule has 4 rings (SSSR count). The third-order valence-electron chi connectivity index (χ3n) is 4.05. The fourth-order valence-electron chi connectivity index (χ4n) is 2.83. The van der Waals surface area contributed by atoms with Crippen molar-refractivity contribution < 1.29 is 4.74 Å². The molecule has 26 heavy (non-hydrogen) atoms. The highest BCUT2D eigenvalue weighted by atomic mass is 16.5. The van der Waals surface area contributed by atoms with Crippen molar-refractivity contribution >= 4 is 11.6 Å². The molecule has 0 bridgehead atoms. The summed E-state index contributed by atoms with van der Waals surface area (Å²) in [6, 6.07) is 20.0. The van der Waals surface area contributed by atoms with Crippen LogP contribution in [0, 0.1) is 0 Å². The van der Waals surface area contributed by atoms with Crippen LogP contribution >= 0.6 is 0 Å². The highest BCUT2D eigenvalue weighted by Gasteiger charge is 2.10. The van der Waals surface area contributed by atoms with Crippen LogP contribution in [0.3, 0.4) is 0 Å². The number of anilines is 1. The first-order valence-electron chi connectivity index (χ1n) is 8.56. The monoisotopic (exact) mass is 345 g/mol. The zero-order chi connectivity index (χ0) is 17.8. The van der Waals surface area contributed by atoms with E-state index in [4.69, 9.17) is 4.74 Å². The number of aromatic nitrogens is 4. The molecule has 0 saturated heterocycles. The molecule has 1 N–H and O–H groups in total. The Kier molecular flexibility index (Phi) is 4.47. The van der Waals surface area contributed by atoms with E-state index < -0.39 is 0 Å². The van der Waals surface area contributed by atoms with Crippen LogP contribution in [0.15, 0.2) is 67.0 Å². The van der Waals surface area contributed by atoms with Crippen molar-refractivity contribution in [3.8, 4) is 17.0 Å². The summed E-state index contributed by atoms with van der Waals surface area (Å²) < 4.78 is 7.41. The molecule has 2 heterocycles. The summed E-state index contributed by atoms with van der Waals surface area (Å²) in [6.45, 7) is 3.24. The topological polar surface area (TPSA) is 64.3 Å². The maximum atomic E-state index is 5.70. The maximum Gasteiger partial charge on any atom is 0.254 e. The minimum atomic E-state index is 0.562. The summed E-state index contributed by atoms with van der Waals surface area (Å²) in [5.74, 6) is 2.28. The number of rotatable bonds is 6. The van der Waals surface area contributed by atoms with Crippen LogP contribution in [-0.4, -0.2) is 26.2 Å². The molecule has 0 aliphatic heterocycles. The molecule has 0 unspecified atom stereocenters. The Morgan fingerprint density at radius 2 is 1.85 bits per heavy atom. The van der Waals surface area contributed by atoms with Gasteiger partial charge in [-0.15, -0.1) is 0 Å². The van der Waals surface area contributed by atoms with Crippen molar-refractivity contribution in [2.24, 2.45) is 0 Å². The van der Waals surface area contributed by atoms with Gasteiger partial charge in [-0.1, -0.05) is 48.5 Å². The summed E-state index contributed by atoms with van der Waals surface area (Å²) in [7, 11) is 0. The molecule has 130 valence electrons. The number of benzene rings is 2. The Morgan fingerprint density at radius 3 is 2.69 bits per heavy atom. The van der Waals surface area contributed by atoms with Crippen LogP contribution in [-0.2, 0) is 6.54 Å². The molecule has 6 nitrogen and oxygen atoms in total. The first kappa shape index (κ1) is 16.1. The average Bonchev–Trinajstić information content (AvgIpc) is 3.17. The summed E-state index contributed by atoms with van der Waals surface area (Å²) in [5.41, 5.74) is 2.98. The third-order valence-corrected chi connectivity index (χ3v) is 4.05. The minimum Gasteiger partial charge on any atom is -0.494 e. The first-order chi connectivity index (χ1) is 12.8. The van der Waals surface area contributed by atoms with Crippen LogP contribution in [0.25, 0.3) is 17.0 Å². The second-order valence-electron chi connectivity index (χ2n) is 5.76. The average molecular weight is 345 g/mol. The summed E-state index contributed by atoms with van der Waals surface area (Å²) >= 11 is 0. The van der Waals surface area contributed by atoms with Crippen molar-refractivity contribution in [1.29, 1.82) is 0 Å². The third kappa shape index (κ3) is 3.21. The van der Waals surface area contributed by atoms with Gasteiger partial charge in [0.2, 0.25) is 0 Å². The van der Waals surface area contributed by atoms with Crippen LogP contribution < -0.4 is 10.1 Å². The molecule has 0 spiro atoms. The van der Waals surface area contributed by atoms with Gasteiger partial charge in [0.25, 0.3) is 5.78 Å². The van der Waals surface area contributed by atoms with Crippen LogP contribution in [0.4, 0.5) is 5.82 Å². The van der Waals surface area contributed by atoms with Gasteiger partial charge in [-0.3, -0.25) is 0 Å². The Bertz CT molecular complexity index is 1010. The second-order valence-corrected chi connectivity index (χ2v) is 5.76. The molecule has 2 aromatic carbocycles. The zero-order valence-corrected chi connectivity index (χ0v) is 14.5. The van der Waals surface area contributed by atoms with E-state index in [-0.39, 0.29) is 0 Å². The van der Waals surface area contributed by atoms with E-state index in [0.717, 1.165) is 28.4 Å². The number of hydrogen-bond donors (Lipinski definition) is 1. The van der Waals surface area contributed by atoms with Gasteiger partial charge in [0.1, 0.15) is 17.9 Å². The number of nitrogens with zero attached hydrogens (tertiary/aromatic N) is 4. The Morgan fingerprint density at radius 1 is 1.04 bits per heavy atom. The van der Waals surface area contributed by atoms with Gasteiger partial charge >= 0.3 is 0 Å². The summed E-state index contributed by atoms with van der Waals surface area (Å²) in [4.78, 5) is 8.84. The number of hydrogen-bond acceptors (Lipinski definition) is 5. The molecule has 2 aromatic heterocycles. The smallest absolute Gasteiger partial charge is 0.254 e. The summed E-state index contributed by atoms with van der Waals surface area (Å²) in [6.07, 6.45) is 1.51. The molecule has 4 aromatic rings. The number of ether oxygens (including phenoxy) is 1. The fourth-order valence-corrected chi connectivity index (χ4v) is 2.83. The van der Waals surface area contributed by atoms with Gasteiger partial charge in [0.05, 0.1) is 12.3 Å². The summed E-state index contributed by atoms with van der Waals surface area (Å²) in [5, 5.41) is 7.71. The van der Waals surface area contributed by atoms with Gasteiger partial charge in [-0.2, -0.15) is 14.6 Å². The molecule has 0 aliphatic carbocycles. The normalized spacial score (nSPS) is 10.8. The molecular weight excluding hydrogens is 326 g/mol. The number of nitrogens with one attached hydrogen (secondary N) is 1. The lowest BCUT2D eigenvalue weighted by atomic mass is 10.1. The van der Waals surface area contributed by atoms with E-state index in [0.29, 0.717) is 18.9 Å². The van der Waals surface area contributed by atoms with Gasteiger partial charge in [-0.25, -0.2) is 4.98 Å². The highest BCUT2D eigenvalue weighted by molar-refractivity contribution is 5.65. The first-order valence-corrected chi connectivity index (χ1v) is 8.56. The lowest BCUT2D eigenvalue weighted by molar-refractivity contribution is 0.337. The van der Waals surface area contributed by atoms with E-state index in [1.807, 2.05) is 61.5 Å². The minimum absolute atomic E-state index is 0.562. The molecule has 0 saturated carbocycles. The molecular formula is C20H19N5O. The van der Waals surface area contributed by atoms with Crippen molar-refractivity contribution in [3.63, 3.8) is 0 Å². The van der Waals surface area contributed by atoms with E-state index in [9.17, 15) is 0 Å². The van der Waals surface area contributed by atoms with Crippen LogP contribution in [0.5, 0.6) is 5.75 Å². The van der Waals surface area contributed by atoms with Crippen molar-refractivity contribution in [1.82, 2.24) is 19.6 Å². The highest BCUT2D eigenvalue weighted by Crippen LogP contribution is 2.23. The van der Waals surface area contributed by atoms with Gasteiger partial charge in [-0.05, 0) is 13.0 Å². The quantitative estimate of drug-likeness (QED) is 0.576. The van der Waals surface area contributed by atoms with Crippen LogP contribution in [0.2, 0.25) is 0 Å². The zero-order valence-electron chi connectivity index (χ0n) is 14.5. The van der Waals surface area contributed by atoms with Crippen molar-refractivity contribution in [3.05, 3.63) is 72.6 Å². The molecule has 0 amide bonds. The lowest BCUT2D eigenvalue weighted by Crippen LogP contribution is -2.08. The molecule has 6 heteroatoms. The SMILES string of the molecule is CCOc1ccccc1CNc1cc(-c2ccccc2)nc2ncnn12. The van der Waals surface area contributed by atoms with Gasteiger partial charge < -0.3 is 10.1 Å². The number of para-hydroxylation sites is 1. The number of fused-ring (bicyclic) bond motifs is 1. The van der Waals surface area contributed by atoms with Crippen molar-refractivity contribution in [2.45, 2.75) is 13.5 Å². The largest absolute Gasteiger partial charge is 0.494 e. The fraction of sp³-hybridized carbons (Fsp3) is 0.150. The van der Waals surface area contributed by atoms with E-state index in [2.05, 4.69) is 26.4 Å². The Hall–Kier alpha value is -3.41. The molecule has 0 fully saturated rings. The second kappa shape index (κ2) is 7.23. The van der Waals surface area contributed by atoms with E-state index in [1.54, 1.807) is 4.52 Å². The van der Waals surface area contributed by atoms with E-state index in [1.165, 1.54) is 6.33 Å². The Balaban J connectivity index is 1.67. The molecule has 0 atom stereocenters. The van der Waals surface area contributed by atoms with Crippen LogP contribution in [0.1, 0.15) is 12.5 Å². The van der Waals surface area contributed by atoms with Crippen molar-refractivity contribution in [2.75, 3.05) is 11.9 Å². The Labute approximate surface area is 151 Å². The standard InChI is InChI=1S/C20H19N5O/c1-2-26-18-11-7-6-10-16(18)13-21-19-12-17(15-8-4-3-5-9-15)24-20-22-14-23-25(19)20/h3-12,14,21H,2,13H2,1H3. The molecule has 0 aliphatic rings. The maximum absolute atomic E-state index is 5.70. The predicted octanol–water partition coefficient (Wildman–Crippen LogP) is 3.80. The van der Waals surface area contributed by atoms with Gasteiger partial charge in [0, 0.05) is 23.7 Å². The lowest BCUT2D eigenvalue weighted by Gasteiger charge is -2.13.